The summed E-state index contributed by atoms with van der Waals surface area (Å²) in [6.07, 6.45) is 1.09. The lowest BCUT2D eigenvalue weighted by atomic mass is 10.5. The second kappa shape index (κ2) is 11.3. The highest BCUT2D eigenvalue weighted by atomic mass is 28.4. The molecule has 0 aliphatic heterocycles. The van der Waals surface area contributed by atoms with Gasteiger partial charge in [0.1, 0.15) is 13.2 Å². The van der Waals surface area contributed by atoms with Crippen molar-refractivity contribution in [3.63, 3.8) is 0 Å². The van der Waals surface area contributed by atoms with Crippen LogP contribution in [0.3, 0.4) is 0 Å². The number of carbonyl (C=O) groups excluding carboxylic acids is 2. The summed E-state index contributed by atoms with van der Waals surface area (Å²) >= 11 is 0. The van der Waals surface area contributed by atoms with Crippen molar-refractivity contribution in [1.29, 1.82) is 0 Å². The fraction of sp³-hybridized carbons (Fsp3) is 0.667. The summed E-state index contributed by atoms with van der Waals surface area (Å²) in [6.45, 7) is 3.62. The summed E-state index contributed by atoms with van der Waals surface area (Å²) in [4.78, 5) is 22.0. The van der Waals surface area contributed by atoms with Gasteiger partial charge in [-0.15, -0.1) is 0 Å². The topological polar surface area (TPSA) is 92.3 Å². The summed E-state index contributed by atoms with van der Waals surface area (Å²) in [5.74, 6) is -0.556. The third kappa shape index (κ3) is 8.45. The molecule has 0 saturated carbocycles. The maximum atomic E-state index is 11.3. The second-order valence-electron chi connectivity index (χ2n) is 3.83. The van der Waals surface area contributed by atoms with Gasteiger partial charge in [0.25, 0.3) is 0 Å². The van der Waals surface area contributed by atoms with Gasteiger partial charge < -0.3 is 28.1 Å². The Bertz CT molecular complexity index is 325. The van der Waals surface area contributed by atoms with Crippen molar-refractivity contribution in [2.75, 3.05) is 41.1 Å². The molecule has 1 amide bonds. The molecule has 8 nitrogen and oxygen atoms in total. The van der Waals surface area contributed by atoms with Gasteiger partial charge in [-0.1, -0.05) is 6.58 Å². The third-order valence-electron chi connectivity index (χ3n) is 2.59. The Labute approximate surface area is 125 Å². The molecule has 0 aromatic rings. The number of alkyl carbamates (subject to hydrolysis) is 1. The first-order valence-electron chi connectivity index (χ1n) is 6.38. The molecule has 0 bridgehead atoms. The molecule has 0 radical (unpaired) electrons. The Kier molecular flexibility index (Phi) is 10.5. The van der Waals surface area contributed by atoms with E-state index in [4.69, 9.17) is 18.0 Å². The van der Waals surface area contributed by atoms with Crippen LogP contribution in [0.5, 0.6) is 0 Å². The van der Waals surface area contributed by atoms with Gasteiger partial charge in [0.05, 0.1) is 0 Å². The van der Waals surface area contributed by atoms with Crippen LogP contribution in [0, 0.1) is 0 Å². The van der Waals surface area contributed by atoms with Crippen LogP contribution in [-0.2, 0) is 27.5 Å². The van der Waals surface area contributed by atoms with E-state index in [0.717, 1.165) is 6.08 Å². The van der Waals surface area contributed by atoms with E-state index in [-0.39, 0.29) is 13.2 Å². The number of rotatable bonds is 11. The van der Waals surface area contributed by atoms with Crippen LogP contribution in [-0.4, -0.2) is 62.0 Å². The third-order valence-corrected chi connectivity index (χ3v) is 5.42. The summed E-state index contributed by atoms with van der Waals surface area (Å²) in [5, 5.41) is 2.56. The van der Waals surface area contributed by atoms with E-state index >= 15 is 0 Å². The highest BCUT2D eigenvalue weighted by Gasteiger charge is 2.36. The van der Waals surface area contributed by atoms with Gasteiger partial charge in [-0.3, -0.25) is 0 Å². The zero-order valence-corrected chi connectivity index (χ0v) is 13.7. The average Bonchev–Trinajstić information content (AvgIpc) is 2.52. The van der Waals surface area contributed by atoms with Crippen LogP contribution < -0.4 is 5.32 Å². The molecular formula is C12H23NO7Si. The SMILES string of the molecule is C=CC(=O)OCCOC(=O)NCCC[Si](OC)(OC)OC. The summed E-state index contributed by atoms with van der Waals surface area (Å²) in [7, 11) is 2.00. The molecule has 0 unspecified atom stereocenters. The van der Waals surface area contributed by atoms with Gasteiger partial charge in [-0.2, -0.15) is 0 Å². The summed E-state index contributed by atoms with van der Waals surface area (Å²) in [5.41, 5.74) is 0. The highest BCUT2D eigenvalue weighted by Crippen LogP contribution is 2.14. The molecule has 0 rings (SSSR count). The monoisotopic (exact) mass is 321 g/mol. The van der Waals surface area contributed by atoms with Crippen molar-refractivity contribution in [3.8, 4) is 0 Å². The molecule has 0 aromatic heterocycles. The van der Waals surface area contributed by atoms with Gasteiger partial charge in [0, 0.05) is 40.0 Å². The first kappa shape index (κ1) is 19.6. The molecule has 0 spiro atoms. The Hall–Kier alpha value is -1.42. The van der Waals surface area contributed by atoms with Gasteiger partial charge in [0.15, 0.2) is 0 Å². The first-order chi connectivity index (χ1) is 10.0. The zero-order chi connectivity index (χ0) is 16.1. The molecule has 0 atom stereocenters. The van der Waals surface area contributed by atoms with E-state index in [0.29, 0.717) is 19.0 Å². The number of amides is 1. The van der Waals surface area contributed by atoms with E-state index in [1.54, 1.807) is 0 Å². The fourth-order valence-corrected chi connectivity index (χ4v) is 3.16. The van der Waals surface area contributed by atoms with Crippen LogP contribution in [0.25, 0.3) is 0 Å². The minimum absolute atomic E-state index is 0.00861. The predicted octanol–water partition coefficient (Wildman–Crippen LogP) is 0.710. The van der Waals surface area contributed by atoms with Crippen LogP contribution >= 0.6 is 0 Å². The molecule has 0 aliphatic rings. The molecule has 0 fully saturated rings. The average molecular weight is 321 g/mol. The number of hydrogen-bond acceptors (Lipinski definition) is 7. The number of nitrogens with one attached hydrogen (secondary N) is 1. The first-order valence-corrected chi connectivity index (χ1v) is 8.32. The molecule has 21 heavy (non-hydrogen) atoms. The molecule has 0 aliphatic carbocycles. The van der Waals surface area contributed by atoms with Crippen LogP contribution in [0.1, 0.15) is 6.42 Å². The van der Waals surface area contributed by atoms with Crippen LogP contribution in [0.15, 0.2) is 12.7 Å². The molecule has 0 aromatic carbocycles. The van der Waals surface area contributed by atoms with Crippen molar-refractivity contribution in [3.05, 3.63) is 12.7 Å². The Morgan fingerprint density at radius 2 is 1.67 bits per heavy atom. The van der Waals surface area contributed by atoms with Gasteiger partial charge in [-0.05, 0) is 6.42 Å². The van der Waals surface area contributed by atoms with Crippen molar-refractivity contribution in [2.45, 2.75) is 12.5 Å². The molecule has 9 heteroatoms. The van der Waals surface area contributed by atoms with E-state index in [1.807, 2.05) is 0 Å². The number of esters is 1. The van der Waals surface area contributed by atoms with Crippen molar-refractivity contribution >= 4 is 20.9 Å². The molecule has 122 valence electrons. The quantitative estimate of drug-likeness (QED) is 0.259. The van der Waals surface area contributed by atoms with Gasteiger partial charge in [0.2, 0.25) is 0 Å². The minimum Gasteiger partial charge on any atom is -0.459 e. The number of carbonyl (C=O) groups is 2. The number of ether oxygens (including phenoxy) is 2. The largest absolute Gasteiger partial charge is 0.500 e. The Morgan fingerprint density at radius 1 is 1.10 bits per heavy atom. The number of hydrogen-bond donors (Lipinski definition) is 1. The lowest BCUT2D eigenvalue weighted by Crippen LogP contribution is -2.43. The van der Waals surface area contributed by atoms with Crippen LogP contribution in [0.4, 0.5) is 4.79 Å². The van der Waals surface area contributed by atoms with E-state index in [2.05, 4.69) is 16.6 Å². The highest BCUT2D eigenvalue weighted by molar-refractivity contribution is 6.60. The smallest absolute Gasteiger partial charge is 0.459 e. The standard InChI is InChI=1S/C12H23NO7Si/c1-5-11(14)19-8-9-20-12(15)13-7-6-10-21(16-2,17-3)18-4/h5H,1,6-10H2,2-4H3,(H,13,15). The minimum atomic E-state index is -2.60. The zero-order valence-electron chi connectivity index (χ0n) is 12.7. The second-order valence-corrected chi connectivity index (χ2v) is 6.92. The lowest BCUT2D eigenvalue weighted by Gasteiger charge is -2.24. The normalized spacial score (nSPS) is 10.8. The Morgan fingerprint density at radius 3 is 2.19 bits per heavy atom. The fourth-order valence-electron chi connectivity index (χ4n) is 1.44. The van der Waals surface area contributed by atoms with E-state index in [9.17, 15) is 9.59 Å². The summed E-state index contributed by atoms with van der Waals surface area (Å²) < 4.78 is 25.2. The van der Waals surface area contributed by atoms with Crippen molar-refractivity contribution in [2.24, 2.45) is 0 Å². The summed E-state index contributed by atoms with van der Waals surface area (Å²) in [6, 6.07) is 0.577. The maximum absolute atomic E-state index is 11.3. The van der Waals surface area contributed by atoms with Gasteiger partial charge >= 0.3 is 20.9 Å². The van der Waals surface area contributed by atoms with Crippen molar-refractivity contribution < 1.29 is 32.3 Å². The molecule has 0 heterocycles. The lowest BCUT2D eigenvalue weighted by molar-refractivity contribution is -0.138. The van der Waals surface area contributed by atoms with Gasteiger partial charge in [-0.25, -0.2) is 9.59 Å². The molecular weight excluding hydrogens is 298 g/mol. The van der Waals surface area contributed by atoms with E-state index < -0.39 is 20.9 Å². The predicted molar refractivity (Wildman–Crippen MR) is 76.7 cm³/mol. The Balaban J connectivity index is 3.70. The van der Waals surface area contributed by atoms with Crippen molar-refractivity contribution in [1.82, 2.24) is 5.32 Å². The van der Waals surface area contributed by atoms with E-state index in [1.165, 1.54) is 21.3 Å². The maximum Gasteiger partial charge on any atom is 0.500 e. The molecule has 1 N–H and O–H groups in total. The molecule has 0 saturated heterocycles. The van der Waals surface area contributed by atoms with Crippen LogP contribution in [0.2, 0.25) is 6.04 Å².